The predicted molar refractivity (Wildman–Crippen MR) is 114 cm³/mol. The van der Waals surface area contributed by atoms with Gasteiger partial charge in [-0.2, -0.15) is 0 Å². The largest absolute Gasteiger partial charge is 0.462 e. The second kappa shape index (κ2) is 9.08. The summed E-state index contributed by atoms with van der Waals surface area (Å²) in [6, 6.07) is 14.1. The number of benzene rings is 2. The number of esters is 1. The number of thioether (sulfide) groups is 1. The van der Waals surface area contributed by atoms with Crippen molar-refractivity contribution in [2.75, 3.05) is 13.7 Å². The zero-order valence-corrected chi connectivity index (χ0v) is 17.1. The van der Waals surface area contributed by atoms with Gasteiger partial charge in [0.2, 0.25) is 0 Å². The molecule has 3 rings (SSSR count). The molecule has 0 spiro atoms. The Morgan fingerprint density at radius 3 is 2.71 bits per heavy atom. The van der Waals surface area contributed by atoms with E-state index in [2.05, 4.69) is 4.99 Å². The van der Waals surface area contributed by atoms with Crippen molar-refractivity contribution < 1.29 is 14.3 Å². The molecule has 0 bridgehead atoms. The SMILES string of the molecule is CCCOC(=O)c1cccc(N=C2S/C(=C/c3ccc(Cl)cc3)C(=O)N2C)c1. The summed E-state index contributed by atoms with van der Waals surface area (Å²) in [5.41, 5.74) is 1.90. The summed E-state index contributed by atoms with van der Waals surface area (Å²) in [4.78, 5) is 31.2. The van der Waals surface area contributed by atoms with Gasteiger partial charge in [0, 0.05) is 12.1 Å². The number of amides is 1. The summed E-state index contributed by atoms with van der Waals surface area (Å²) < 4.78 is 5.16. The molecule has 1 aliphatic heterocycles. The molecule has 0 saturated carbocycles. The Bertz CT molecular complexity index is 954. The smallest absolute Gasteiger partial charge is 0.338 e. The molecule has 1 amide bonds. The predicted octanol–water partition coefficient (Wildman–Crippen LogP) is 5.14. The van der Waals surface area contributed by atoms with Gasteiger partial charge in [-0.25, -0.2) is 9.79 Å². The monoisotopic (exact) mass is 414 g/mol. The van der Waals surface area contributed by atoms with Crippen molar-refractivity contribution in [3.63, 3.8) is 0 Å². The highest BCUT2D eigenvalue weighted by molar-refractivity contribution is 8.18. The lowest BCUT2D eigenvalue weighted by Gasteiger charge is -2.08. The van der Waals surface area contributed by atoms with E-state index in [0.29, 0.717) is 33.0 Å². The fraction of sp³-hybridized carbons (Fsp3) is 0.190. The van der Waals surface area contributed by atoms with E-state index in [4.69, 9.17) is 16.3 Å². The number of carbonyl (C=O) groups is 2. The van der Waals surface area contributed by atoms with Crippen LogP contribution in [0.5, 0.6) is 0 Å². The zero-order chi connectivity index (χ0) is 20.1. The van der Waals surface area contributed by atoms with Gasteiger partial charge in [0.25, 0.3) is 5.91 Å². The molecular weight excluding hydrogens is 396 g/mol. The summed E-state index contributed by atoms with van der Waals surface area (Å²) >= 11 is 7.19. The van der Waals surface area contributed by atoms with Gasteiger partial charge in [0.05, 0.1) is 22.8 Å². The highest BCUT2D eigenvalue weighted by Crippen LogP contribution is 2.33. The molecule has 0 radical (unpaired) electrons. The normalized spacial score (nSPS) is 16.8. The molecule has 1 fully saturated rings. The molecule has 2 aromatic rings. The number of amidine groups is 1. The Balaban J connectivity index is 1.82. The molecule has 7 heteroatoms. The molecule has 28 heavy (non-hydrogen) atoms. The molecule has 0 N–H and O–H groups in total. The maximum Gasteiger partial charge on any atom is 0.338 e. The molecule has 1 heterocycles. The van der Waals surface area contributed by atoms with Gasteiger partial charge < -0.3 is 4.74 Å². The van der Waals surface area contributed by atoms with Crippen LogP contribution < -0.4 is 0 Å². The maximum atomic E-state index is 12.5. The van der Waals surface area contributed by atoms with Crippen LogP contribution in [0.2, 0.25) is 5.02 Å². The minimum absolute atomic E-state index is 0.128. The van der Waals surface area contributed by atoms with E-state index in [9.17, 15) is 9.59 Å². The highest BCUT2D eigenvalue weighted by atomic mass is 35.5. The number of halogens is 1. The van der Waals surface area contributed by atoms with Gasteiger partial charge in [-0.05, 0) is 60.2 Å². The van der Waals surface area contributed by atoms with Gasteiger partial charge in [0.15, 0.2) is 5.17 Å². The van der Waals surface area contributed by atoms with Crippen LogP contribution in [-0.4, -0.2) is 35.6 Å². The summed E-state index contributed by atoms with van der Waals surface area (Å²) in [7, 11) is 1.68. The topological polar surface area (TPSA) is 59.0 Å². The number of carbonyl (C=O) groups excluding carboxylic acids is 2. The fourth-order valence-corrected chi connectivity index (χ4v) is 3.57. The first-order valence-electron chi connectivity index (χ1n) is 8.77. The van der Waals surface area contributed by atoms with Crippen LogP contribution in [0, 0.1) is 0 Å². The van der Waals surface area contributed by atoms with E-state index >= 15 is 0 Å². The van der Waals surface area contributed by atoms with Crippen molar-refractivity contribution in [2.24, 2.45) is 4.99 Å². The van der Waals surface area contributed by atoms with Crippen molar-refractivity contribution in [3.8, 4) is 0 Å². The fourth-order valence-electron chi connectivity index (χ4n) is 2.45. The number of aliphatic imine (C=N–C) groups is 1. The third-order valence-corrected chi connectivity index (χ3v) is 5.23. The average Bonchev–Trinajstić information content (AvgIpc) is 2.96. The molecule has 0 atom stereocenters. The molecule has 0 unspecified atom stereocenters. The van der Waals surface area contributed by atoms with E-state index in [1.165, 1.54) is 16.7 Å². The van der Waals surface area contributed by atoms with Gasteiger partial charge in [0.1, 0.15) is 0 Å². The van der Waals surface area contributed by atoms with Crippen molar-refractivity contribution in [3.05, 3.63) is 69.6 Å². The number of rotatable bonds is 5. The van der Waals surface area contributed by atoms with Crippen molar-refractivity contribution in [1.82, 2.24) is 4.90 Å². The van der Waals surface area contributed by atoms with Crippen LogP contribution in [0.15, 0.2) is 58.4 Å². The molecule has 1 aliphatic rings. The van der Waals surface area contributed by atoms with Crippen molar-refractivity contribution in [1.29, 1.82) is 0 Å². The lowest BCUT2D eigenvalue weighted by Crippen LogP contribution is -2.23. The van der Waals surface area contributed by atoms with E-state index in [0.717, 1.165) is 12.0 Å². The third-order valence-electron chi connectivity index (χ3n) is 3.92. The minimum atomic E-state index is -0.379. The first kappa shape index (κ1) is 20.2. The first-order chi connectivity index (χ1) is 13.5. The minimum Gasteiger partial charge on any atom is -0.462 e. The van der Waals surface area contributed by atoms with E-state index in [1.54, 1.807) is 49.5 Å². The summed E-state index contributed by atoms with van der Waals surface area (Å²) in [5.74, 6) is -0.507. The molecule has 144 valence electrons. The van der Waals surface area contributed by atoms with Crippen LogP contribution in [-0.2, 0) is 9.53 Å². The number of nitrogens with zero attached hydrogens (tertiary/aromatic N) is 2. The molecular formula is C21H19ClN2O3S. The molecule has 0 aromatic heterocycles. The van der Waals surface area contributed by atoms with Crippen LogP contribution >= 0.6 is 23.4 Å². The second-order valence-electron chi connectivity index (χ2n) is 6.11. The number of hydrogen-bond acceptors (Lipinski definition) is 5. The summed E-state index contributed by atoms with van der Waals surface area (Å²) in [5, 5.41) is 1.19. The van der Waals surface area contributed by atoms with E-state index < -0.39 is 0 Å². The van der Waals surface area contributed by atoms with Crippen molar-refractivity contribution in [2.45, 2.75) is 13.3 Å². The Kier molecular flexibility index (Phi) is 6.54. The number of hydrogen-bond donors (Lipinski definition) is 0. The molecule has 2 aromatic carbocycles. The number of likely N-dealkylation sites (N-methyl/N-ethyl adjacent to an activating group) is 1. The standard InChI is InChI=1S/C21H19ClN2O3S/c1-3-11-27-20(26)15-5-4-6-17(13-15)23-21-24(2)19(25)18(28-21)12-14-7-9-16(22)10-8-14/h4-10,12-13H,3,11H2,1-2H3/b18-12+,23-21?. The Hall–Kier alpha value is -2.57. The van der Waals surface area contributed by atoms with Crippen LogP contribution in [0.25, 0.3) is 6.08 Å². The van der Waals surface area contributed by atoms with Gasteiger partial charge in [-0.3, -0.25) is 9.69 Å². The Morgan fingerprint density at radius 1 is 1.25 bits per heavy atom. The lowest BCUT2D eigenvalue weighted by molar-refractivity contribution is -0.121. The highest BCUT2D eigenvalue weighted by Gasteiger charge is 2.30. The number of ether oxygens (including phenoxy) is 1. The van der Waals surface area contributed by atoms with Crippen LogP contribution in [0.1, 0.15) is 29.3 Å². The Labute approximate surface area is 173 Å². The van der Waals surface area contributed by atoms with Crippen molar-refractivity contribution >= 4 is 52.2 Å². The van der Waals surface area contributed by atoms with Gasteiger partial charge in [-0.1, -0.05) is 36.7 Å². The van der Waals surface area contributed by atoms with Gasteiger partial charge in [-0.15, -0.1) is 0 Å². The molecule has 1 saturated heterocycles. The molecule has 5 nitrogen and oxygen atoms in total. The van der Waals surface area contributed by atoms with E-state index in [-0.39, 0.29) is 11.9 Å². The lowest BCUT2D eigenvalue weighted by atomic mass is 10.2. The summed E-state index contributed by atoms with van der Waals surface area (Å²) in [6.45, 7) is 2.32. The maximum absolute atomic E-state index is 12.5. The second-order valence-corrected chi connectivity index (χ2v) is 7.55. The van der Waals surface area contributed by atoms with Gasteiger partial charge >= 0.3 is 5.97 Å². The average molecular weight is 415 g/mol. The summed E-state index contributed by atoms with van der Waals surface area (Å²) in [6.07, 6.45) is 2.57. The Morgan fingerprint density at radius 2 is 2.00 bits per heavy atom. The third kappa shape index (κ3) is 4.82. The van der Waals surface area contributed by atoms with E-state index in [1.807, 2.05) is 19.1 Å². The first-order valence-corrected chi connectivity index (χ1v) is 9.96. The van der Waals surface area contributed by atoms with Crippen LogP contribution in [0.4, 0.5) is 5.69 Å². The van der Waals surface area contributed by atoms with Crippen LogP contribution in [0.3, 0.4) is 0 Å². The quantitative estimate of drug-likeness (QED) is 0.502. The zero-order valence-electron chi connectivity index (χ0n) is 15.5. The molecule has 0 aliphatic carbocycles.